The zero-order chi connectivity index (χ0) is 18.2. The van der Waals surface area contributed by atoms with Crippen LogP contribution in [0, 0.1) is 5.92 Å². The Labute approximate surface area is 164 Å². The third-order valence-electron chi connectivity index (χ3n) is 6.00. The summed E-state index contributed by atoms with van der Waals surface area (Å²) in [4.78, 5) is 4.19. The monoisotopic (exact) mass is 369 g/mol. The molecule has 2 aromatic rings. The van der Waals surface area contributed by atoms with Crippen molar-refractivity contribution >= 4 is 11.6 Å². The van der Waals surface area contributed by atoms with Gasteiger partial charge in [0.2, 0.25) is 0 Å². The standard InChI is InChI=1S/C24H32ClN/c1-2-3-4-5-19-8-13-22(14-9-19)23-15-10-20(11-16-23)6-7-21-12-17-24(25)26-18-21/h8-9,12-14,17-18,20,23H,2-7,10-11,15-16H2,1H3/t20-,23-. The molecular formula is C24H32ClN. The Kier molecular flexibility index (Phi) is 7.55. The number of hydrogen-bond acceptors (Lipinski definition) is 1. The minimum Gasteiger partial charge on any atom is -0.244 e. The molecule has 0 amide bonds. The van der Waals surface area contributed by atoms with Crippen LogP contribution in [0.4, 0.5) is 0 Å². The van der Waals surface area contributed by atoms with Crippen LogP contribution < -0.4 is 0 Å². The summed E-state index contributed by atoms with van der Waals surface area (Å²) in [7, 11) is 0. The second-order valence-electron chi connectivity index (χ2n) is 7.94. The highest BCUT2D eigenvalue weighted by molar-refractivity contribution is 6.29. The minimum atomic E-state index is 0.589. The van der Waals surface area contributed by atoms with E-state index in [2.05, 4.69) is 42.2 Å². The van der Waals surface area contributed by atoms with Gasteiger partial charge in [-0.05, 0) is 86.0 Å². The predicted octanol–water partition coefficient (Wildman–Crippen LogP) is 7.37. The van der Waals surface area contributed by atoms with Crippen molar-refractivity contribution in [2.45, 2.75) is 77.0 Å². The van der Waals surface area contributed by atoms with Gasteiger partial charge < -0.3 is 0 Å². The molecule has 1 aliphatic carbocycles. The average molecular weight is 370 g/mol. The smallest absolute Gasteiger partial charge is 0.129 e. The molecule has 2 heteroatoms. The lowest BCUT2D eigenvalue weighted by atomic mass is 9.77. The zero-order valence-corrected chi connectivity index (χ0v) is 16.8. The van der Waals surface area contributed by atoms with E-state index in [9.17, 15) is 0 Å². The van der Waals surface area contributed by atoms with Gasteiger partial charge in [0, 0.05) is 6.20 Å². The molecule has 0 radical (unpaired) electrons. The maximum atomic E-state index is 5.86. The molecule has 26 heavy (non-hydrogen) atoms. The first kappa shape index (κ1) is 19.4. The van der Waals surface area contributed by atoms with Crippen LogP contribution in [0.25, 0.3) is 0 Å². The summed E-state index contributed by atoms with van der Waals surface area (Å²) in [6, 6.07) is 13.5. The van der Waals surface area contributed by atoms with Gasteiger partial charge in [0.05, 0.1) is 0 Å². The molecule has 1 nitrogen and oxygen atoms in total. The third-order valence-corrected chi connectivity index (χ3v) is 6.22. The van der Waals surface area contributed by atoms with E-state index in [1.807, 2.05) is 12.3 Å². The van der Waals surface area contributed by atoms with Gasteiger partial charge in [0.15, 0.2) is 0 Å². The highest BCUT2D eigenvalue weighted by Gasteiger charge is 2.22. The predicted molar refractivity (Wildman–Crippen MR) is 112 cm³/mol. The maximum absolute atomic E-state index is 5.86. The molecular weight excluding hydrogens is 338 g/mol. The van der Waals surface area contributed by atoms with Crippen molar-refractivity contribution < 1.29 is 0 Å². The van der Waals surface area contributed by atoms with Crippen molar-refractivity contribution in [3.63, 3.8) is 0 Å². The summed E-state index contributed by atoms with van der Waals surface area (Å²) in [5.41, 5.74) is 4.38. The molecule has 0 atom stereocenters. The van der Waals surface area contributed by atoms with Crippen molar-refractivity contribution in [2.24, 2.45) is 5.92 Å². The van der Waals surface area contributed by atoms with Crippen LogP contribution in [-0.2, 0) is 12.8 Å². The number of nitrogens with zero attached hydrogens (tertiary/aromatic N) is 1. The summed E-state index contributed by atoms with van der Waals surface area (Å²) in [5, 5.41) is 0.589. The van der Waals surface area contributed by atoms with Crippen LogP contribution >= 0.6 is 11.6 Å². The van der Waals surface area contributed by atoms with Crippen molar-refractivity contribution in [2.75, 3.05) is 0 Å². The van der Waals surface area contributed by atoms with E-state index in [0.717, 1.165) is 18.3 Å². The van der Waals surface area contributed by atoms with E-state index in [4.69, 9.17) is 11.6 Å². The van der Waals surface area contributed by atoms with Crippen molar-refractivity contribution in [3.05, 3.63) is 64.4 Å². The Balaban J connectivity index is 1.42. The first-order valence-electron chi connectivity index (χ1n) is 10.4. The SMILES string of the molecule is CCCCCc1ccc([C@H]2CC[C@H](CCc3ccc(Cl)nc3)CC2)cc1. The first-order valence-corrected chi connectivity index (χ1v) is 10.8. The average Bonchev–Trinajstić information content (AvgIpc) is 2.69. The fourth-order valence-electron chi connectivity index (χ4n) is 4.25. The van der Waals surface area contributed by atoms with E-state index in [1.165, 1.54) is 68.9 Å². The van der Waals surface area contributed by atoms with Gasteiger partial charge >= 0.3 is 0 Å². The lowest BCUT2D eigenvalue weighted by molar-refractivity contribution is 0.310. The van der Waals surface area contributed by atoms with E-state index in [0.29, 0.717) is 5.15 Å². The summed E-state index contributed by atoms with van der Waals surface area (Å²) >= 11 is 5.86. The van der Waals surface area contributed by atoms with Gasteiger partial charge in [-0.15, -0.1) is 0 Å². The van der Waals surface area contributed by atoms with E-state index >= 15 is 0 Å². The minimum absolute atomic E-state index is 0.589. The van der Waals surface area contributed by atoms with Gasteiger partial charge in [-0.1, -0.05) is 61.7 Å². The van der Waals surface area contributed by atoms with Crippen molar-refractivity contribution in [1.82, 2.24) is 4.98 Å². The quantitative estimate of drug-likeness (QED) is 0.349. The largest absolute Gasteiger partial charge is 0.244 e. The van der Waals surface area contributed by atoms with Gasteiger partial charge in [0.25, 0.3) is 0 Å². The van der Waals surface area contributed by atoms with E-state index in [1.54, 1.807) is 5.56 Å². The fraction of sp³-hybridized carbons (Fsp3) is 0.542. The lowest BCUT2D eigenvalue weighted by Gasteiger charge is -2.29. The maximum Gasteiger partial charge on any atom is 0.129 e. The molecule has 1 aliphatic rings. The first-order chi connectivity index (χ1) is 12.7. The van der Waals surface area contributed by atoms with Gasteiger partial charge in [-0.3, -0.25) is 0 Å². The highest BCUT2D eigenvalue weighted by Crippen LogP contribution is 2.37. The summed E-state index contributed by atoms with van der Waals surface area (Å²) < 4.78 is 0. The van der Waals surface area contributed by atoms with Gasteiger partial charge in [0.1, 0.15) is 5.15 Å². The Morgan fingerprint density at radius 2 is 1.62 bits per heavy atom. The zero-order valence-electron chi connectivity index (χ0n) is 16.1. The molecule has 1 saturated carbocycles. The number of halogens is 1. The second kappa shape index (κ2) is 10.1. The molecule has 1 aromatic carbocycles. The number of rotatable bonds is 8. The lowest BCUT2D eigenvalue weighted by Crippen LogP contribution is -2.14. The molecule has 0 N–H and O–H groups in total. The number of hydrogen-bond donors (Lipinski definition) is 0. The second-order valence-corrected chi connectivity index (χ2v) is 8.33. The molecule has 1 heterocycles. The Morgan fingerprint density at radius 3 is 2.27 bits per heavy atom. The van der Waals surface area contributed by atoms with Crippen LogP contribution in [0.1, 0.15) is 80.9 Å². The van der Waals surface area contributed by atoms with E-state index in [-0.39, 0.29) is 0 Å². The van der Waals surface area contributed by atoms with Crippen molar-refractivity contribution in [3.8, 4) is 0 Å². The molecule has 0 spiro atoms. The van der Waals surface area contributed by atoms with Crippen LogP contribution in [0.5, 0.6) is 0 Å². The Bertz CT molecular complexity index is 639. The van der Waals surface area contributed by atoms with Crippen LogP contribution in [0.15, 0.2) is 42.6 Å². The van der Waals surface area contributed by atoms with Crippen LogP contribution in [0.2, 0.25) is 5.15 Å². The summed E-state index contributed by atoms with van der Waals surface area (Å²) in [6.07, 6.45) is 15.0. The molecule has 140 valence electrons. The molecule has 0 aliphatic heterocycles. The number of benzene rings is 1. The van der Waals surface area contributed by atoms with Gasteiger partial charge in [-0.2, -0.15) is 0 Å². The third kappa shape index (κ3) is 5.84. The van der Waals surface area contributed by atoms with Crippen LogP contribution in [-0.4, -0.2) is 4.98 Å². The number of aryl methyl sites for hydroxylation is 2. The topological polar surface area (TPSA) is 12.9 Å². The van der Waals surface area contributed by atoms with E-state index < -0.39 is 0 Å². The number of unbranched alkanes of at least 4 members (excludes halogenated alkanes) is 2. The molecule has 0 unspecified atom stereocenters. The number of aromatic nitrogens is 1. The summed E-state index contributed by atoms with van der Waals surface area (Å²) in [5.74, 6) is 1.64. The highest BCUT2D eigenvalue weighted by atomic mass is 35.5. The Hall–Kier alpha value is -1.34. The molecule has 1 fully saturated rings. The van der Waals surface area contributed by atoms with Crippen molar-refractivity contribution in [1.29, 1.82) is 0 Å². The molecule has 0 saturated heterocycles. The van der Waals surface area contributed by atoms with Crippen LogP contribution in [0.3, 0.4) is 0 Å². The molecule has 0 bridgehead atoms. The fourth-order valence-corrected chi connectivity index (χ4v) is 4.36. The summed E-state index contributed by atoms with van der Waals surface area (Å²) in [6.45, 7) is 2.27. The molecule has 1 aromatic heterocycles. The normalized spacial score (nSPS) is 20.2. The molecule has 3 rings (SSSR count). The number of pyridine rings is 1. The van der Waals surface area contributed by atoms with Gasteiger partial charge in [-0.25, -0.2) is 4.98 Å². The Morgan fingerprint density at radius 1 is 0.885 bits per heavy atom.